The van der Waals surface area contributed by atoms with E-state index in [2.05, 4.69) is 4.98 Å². The maximum Gasteiger partial charge on any atom is 0.261 e. The Balaban J connectivity index is 1.65. The predicted molar refractivity (Wildman–Crippen MR) is 119 cm³/mol. The maximum atomic E-state index is 13.2. The number of nitrogens with zero attached hydrogens (tertiary/aromatic N) is 3. The van der Waals surface area contributed by atoms with Crippen molar-refractivity contribution in [1.82, 2.24) is 14.5 Å². The Morgan fingerprint density at radius 1 is 1.19 bits per heavy atom. The summed E-state index contributed by atoms with van der Waals surface area (Å²) in [5.74, 6) is 1.21. The fourth-order valence-electron chi connectivity index (χ4n) is 4.03. The highest BCUT2D eigenvalue weighted by Crippen LogP contribution is 2.39. The molecule has 1 aliphatic heterocycles. The second kappa shape index (κ2) is 8.77. The third-order valence-corrected chi connectivity index (χ3v) is 6.03. The fourth-order valence-corrected chi connectivity index (χ4v) is 4.57. The molecule has 1 unspecified atom stereocenters. The number of ether oxygens (including phenoxy) is 2. The van der Waals surface area contributed by atoms with Crippen LogP contribution in [0.3, 0.4) is 0 Å². The van der Waals surface area contributed by atoms with E-state index in [1.54, 1.807) is 19.1 Å². The molecular formula is C22H21Cl2N3O4. The summed E-state index contributed by atoms with van der Waals surface area (Å²) < 4.78 is 12.1. The molecule has 1 aliphatic rings. The van der Waals surface area contributed by atoms with Crippen molar-refractivity contribution < 1.29 is 14.3 Å². The molecule has 1 atom stereocenters. The molecule has 0 aliphatic carbocycles. The van der Waals surface area contributed by atoms with Gasteiger partial charge in [-0.2, -0.15) is 0 Å². The predicted octanol–water partition coefficient (Wildman–Crippen LogP) is 4.08. The van der Waals surface area contributed by atoms with Crippen LogP contribution in [0.4, 0.5) is 0 Å². The molecule has 1 saturated heterocycles. The van der Waals surface area contributed by atoms with Crippen LogP contribution < -0.4 is 15.0 Å². The number of fused-ring (bicyclic) bond motifs is 1. The second-order valence-corrected chi connectivity index (χ2v) is 8.16. The van der Waals surface area contributed by atoms with Gasteiger partial charge in [-0.25, -0.2) is 4.98 Å². The molecule has 0 spiro atoms. The van der Waals surface area contributed by atoms with E-state index in [0.717, 1.165) is 18.4 Å². The van der Waals surface area contributed by atoms with Gasteiger partial charge in [0.25, 0.3) is 5.56 Å². The Morgan fingerprint density at radius 2 is 2.00 bits per heavy atom. The van der Waals surface area contributed by atoms with Gasteiger partial charge in [0.15, 0.2) is 0 Å². The second-order valence-electron chi connectivity index (χ2n) is 7.31. The van der Waals surface area contributed by atoms with E-state index in [1.165, 1.54) is 23.0 Å². The van der Waals surface area contributed by atoms with Crippen molar-refractivity contribution in [2.45, 2.75) is 25.4 Å². The first-order valence-electron chi connectivity index (χ1n) is 9.78. The summed E-state index contributed by atoms with van der Waals surface area (Å²) in [5, 5.41) is 0.910. The van der Waals surface area contributed by atoms with Crippen LogP contribution in [-0.2, 0) is 11.3 Å². The van der Waals surface area contributed by atoms with Gasteiger partial charge in [-0.15, -0.1) is 0 Å². The van der Waals surface area contributed by atoms with Crippen LogP contribution in [0.15, 0.2) is 41.5 Å². The number of amides is 1. The first kappa shape index (κ1) is 21.5. The molecular weight excluding hydrogens is 441 g/mol. The Bertz CT molecular complexity index is 1210. The van der Waals surface area contributed by atoms with E-state index >= 15 is 0 Å². The zero-order valence-corrected chi connectivity index (χ0v) is 18.6. The number of rotatable bonds is 5. The summed E-state index contributed by atoms with van der Waals surface area (Å²) in [6.07, 6.45) is 3.00. The summed E-state index contributed by atoms with van der Waals surface area (Å²) >= 11 is 12.2. The summed E-state index contributed by atoms with van der Waals surface area (Å²) in [6.45, 7) is 0.464. The lowest BCUT2D eigenvalue weighted by Crippen LogP contribution is -2.36. The Labute approximate surface area is 189 Å². The van der Waals surface area contributed by atoms with E-state index in [1.807, 2.05) is 18.2 Å². The maximum absolute atomic E-state index is 13.2. The van der Waals surface area contributed by atoms with E-state index in [4.69, 9.17) is 32.7 Å². The number of carbonyl (C=O) groups excluding carboxylic acids is 1. The monoisotopic (exact) mass is 461 g/mol. The van der Waals surface area contributed by atoms with Crippen LogP contribution in [0.5, 0.6) is 11.5 Å². The number of halogens is 2. The van der Waals surface area contributed by atoms with Crippen molar-refractivity contribution in [2.75, 3.05) is 20.8 Å². The number of hydrogen-bond donors (Lipinski definition) is 0. The Kier molecular flexibility index (Phi) is 6.07. The zero-order valence-electron chi connectivity index (χ0n) is 17.1. The standard InChI is InChI=1S/C22H21Cl2N3O4/c1-30-14-5-6-19(31-2)15(10-14)18-4-3-7-27(18)20(28)11-26-12-25-21-16(22(26)29)8-13(23)9-17(21)24/h5-6,8-10,12,18H,3-4,7,11H2,1-2H3. The normalized spacial score (nSPS) is 16.0. The minimum Gasteiger partial charge on any atom is -0.497 e. The lowest BCUT2D eigenvalue weighted by atomic mass is 10.0. The van der Waals surface area contributed by atoms with Crippen molar-refractivity contribution in [1.29, 1.82) is 0 Å². The molecule has 1 aromatic heterocycles. The highest BCUT2D eigenvalue weighted by atomic mass is 35.5. The third kappa shape index (κ3) is 4.07. The number of hydrogen-bond acceptors (Lipinski definition) is 5. The molecule has 31 heavy (non-hydrogen) atoms. The van der Waals surface area contributed by atoms with Gasteiger partial charge in [0.05, 0.1) is 42.5 Å². The summed E-state index contributed by atoms with van der Waals surface area (Å²) in [6, 6.07) is 8.43. The van der Waals surface area contributed by atoms with Gasteiger partial charge in [-0.1, -0.05) is 23.2 Å². The SMILES string of the molecule is COc1ccc(OC)c(C2CCCN2C(=O)Cn2cnc3c(Cl)cc(Cl)cc3c2=O)c1. The van der Waals surface area contributed by atoms with Crippen LogP contribution in [-0.4, -0.2) is 41.1 Å². The van der Waals surface area contributed by atoms with Crippen molar-refractivity contribution in [3.05, 3.63) is 62.6 Å². The minimum absolute atomic E-state index is 0.130. The molecule has 2 heterocycles. The van der Waals surface area contributed by atoms with E-state index < -0.39 is 0 Å². The van der Waals surface area contributed by atoms with Gasteiger partial charge in [0.2, 0.25) is 5.91 Å². The number of methoxy groups -OCH3 is 2. The molecule has 3 aromatic rings. The zero-order chi connectivity index (χ0) is 22.1. The molecule has 0 N–H and O–H groups in total. The van der Waals surface area contributed by atoms with Gasteiger partial charge >= 0.3 is 0 Å². The first-order valence-corrected chi connectivity index (χ1v) is 10.5. The van der Waals surface area contributed by atoms with Crippen molar-refractivity contribution in [3.8, 4) is 11.5 Å². The van der Waals surface area contributed by atoms with Gasteiger partial charge in [-0.3, -0.25) is 14.2 Å². The molecule has 0 saturated carbocycles. The fraction of sp³-hybridized carbons (Fsp3) is 0.318. The van der Waals surface area contributed by atoms with Crippen LogP contribution in [0.2, 0.25) is 10.0 Å². The molecule has 4 rings (SSSR count). The largest absolute Gasteiger partial charge is 0.497 e. The van der Waals surface area contributed by atoms with Gasteiger partial charge in [-0.05, 0) is 43.2 Å². The highest BCUT2D eigenvalue weighted by Gasteiger charge is 2.32. The van der Waals surface area contributed by atoms with Crippen molar-refractivity contribution in [3.63, 3.8) is 0 Å². The summed E-state index contributed by atoms with van der Waals surface area (Å²) in [5.41, 5.74) is 0.882. The van der Waals surface area contributed by atoms with Gasteiger partial charge < -0.3 is 14.4 Å². The topological polar surface area (TPSA) is 73.7 Å². The number of aromatic nitrogens is 2. The smallest absolute Gasteiger partial charge is 0.261 e. The molecule has 7 nitrogen and oxygen atoms in total. The summed E-state index contributed by atoms with van der Waals surface area (Å²) in [7, 11) is 3.20. The average molecular weight is 462 g/mol. The molecule has 0 bridgehead atoms. The number of likely N-dealkylation sites (tertiary alicyclic amines) is 1. The molecule has 1 fully saturated rings. The average Bonchev–Trinajstić information content (AvgIpc) is 3.25. The van der Waals surface area contributed by atoms with Crippen LogP contribution in [0, 0.1) is 0 Å². The first-order chi connectivity index (χ1) is 14.9. The van der Waals surface area contributed by atoms with E-state index in [-0.39, 0.29) is 29.4 Å². The molecule has 9 heteroatoms. The van der Waals surface area contributed by atoms with Gasteiger partial charge in [0, 0.05) is 17.1 Å². The molecule has 2 aromatic carbocycles. The quantitative estimate of drug-likeness (QED) is 0.571. The minimum atomic E-state index is -0.363. The van der Waals surface area contributed by atoms with Crippen molar-refractivity contribution in [2.24, 2.45) is 0 Å². The molecule has 0 radical (unpaired) electrons. The molecule has 162 valence electrons. The lowest BCUT2D eigenvalue weighted by Gasteiger charge is -2.27. The number of carbonyl (C=O) groups is 1. The van der Waals surface area contributed by atoms with Crippen LogP contribution in [0.25, 0.3) is 10.9 Å². The van der Waals surface area contributed by atoms with E-state index in [0.29, 0.717) is 33.6 Å². The Morgan fingerprint density at radius 3 is 2.74 bits per heavy atom. The number of benzene rings is 2. The highest BCUT2D eigenvalue weighted by molar-refractivity contribution is 6.38. The van der Waals surface area contributed by atoms with Crippen molar-refractivity contribution >= 4 is 40.0 Å². The van der Waals surface area contributed by atoms with Gasteiger partial charge in [0.1, 0.15) is 18.0 Å². The van der Waals surface area contributed by atoms with Crippen LogP contribution >= 0.6 is 23.2 Å². The lowest BCUT2D eigenvalue weighted by molar-refractivity contribution is -0.132. The Hall–Kier alpha value is -2.77. The molecule has 1 amide bonds. The third-order valence-electron chi connectivity index (χ3n) is 5.52. The van der Waals surface area contributed by atoms with Crippen LogP contribution in [0.1, 0.15) is 24.4 Å². The van der Waals surface area contributed by atoms with E-state index in [9.17, 15) is 9.59 Å². The summed E-state index contributed by atoms with van der Waals surface area (Å²) in [4.78, 5) is 32.1.